The summed E-state index contributed by atoms with van der Waals surface area (Å²) in [6, 6.07) is 10.2. The minimum Gasteiger partial charge on any atom is -0.350 e. The third kappa shape index (κ3) is 1.94. The van der Waals surface area contributed by atoms with Crippen LogP contribution in [0.1, 0.15) is 5.56 Å². The van der Waals surface area contributed by atoms with E-state index in [0.717, 1.165) is 5.52 Å². The van der Waals surface area contributed by atoms with E-state index in [1.165, 1.54) is 5.56 Å². The smallest absolute Gasteiger partial charge is 0.229 e. The maximum absolute atomic E-state index is 4.06. The fourth-order valence-electron chi connectivity index (χ4n) is 1.67. The fraction of sp³-hybridized carbons (Fsp3) is 0.0833. The molecule has 0 atom stereocenters. The Morgan fingerprint density at radius 1 is 1.12 bits per heavy atom. The summed E-state index contributed by atoms with van der Waals surface area (Å²) in [5.41, 5.74) is 2.13. The van der Waals surface area contributed by atoms with Gasteiger partial charge in [-0.3, -0.25) is 4.40 Å². The average molecular weight is 225 g/mol. The molecule has 1 N–H and O–H groups in total. The van der Waals surface area contributed by atoms with Crippen molar-refractivity contribution in [2.45, 2.75) is 6.54 Å². The summed E-state index contributed by atoms with van der Waals surface area (Å²) in [6.45, 7) is 0.715. The highest BCUT2D eigenvalue weighted by molar-refractivity contribution is 5.47. The number of rotatable bonds is 3. The van der Waals surface area contributed by atoms with E-state index < -0.39 is 0 Å². The van der Waals surface area contributed by atoms with Gasteiger partial charge >= 0.3 is 0 Å². The SMILES string of the molecule is c1ccc(CNc2nncc3cncn23)cc1. The molecule has 0 aliphatic carbocycles. The third-order valence-corrected chi connectivity index (χ3v) is 2.53. The Morgan fingerprint density at radius 2 is 2.00 bits per heavy atom. The number of nitrogens with one attached hydrogen (secondary N) is 1. The molecule has 5 nitrogen and oxygen atoms in total. The lowest BCUT2D eigenvalue weighted by molar-refractivity contribution is 0.924. The molecule has 0 unspecified atom stereocenters. The van der Waals surface area contributed by atoms with E-state index in [9.17, 15) is 0 Å². The van der Waals surface area contributed by atoms with Crippen LogP contribution in [0.25, 0.3) is 5.52 Å². The maximum Gasteiger partial charge on any atom is 0.229 e. The zero-order chi connectivity index (χ0) is 11.5. The summed E-state index contributed by atoms with van der Waals surface area (Å²) in [6.07, 6.45) is 5.15. The second-order valence-corrected chi connectivity index (χ2v) is 3.70. The van der Waals surface area contributed by atoms with Gasteiger partial charge in [0.2, 0.25) is 5.95 Å². The van der Waals surface area contributed by atoms with Crippen LogP contribution in [-0.4, -0.2) is 19.6 Å². The third-order valence-electron chi connectivity index (χ3n) is 2.53. The van der Waals surface area contributed by atoms with Crippen LogP contribution in [0.5, 0.6) is 0 Å². The lowest BCUT2D eigenvalue weighted by Crippen LogP contribution is -2.06. The largest absolute Gasteiger partial charge is 0.350 e. The van der Waals surface area contributed by atoms with Crippen molar-refractivity contribution in [3.63, 3.8) is 0 Å². The van der Waals surface area contributed by atoms with Gasteiger partial charge in [-0.1, -0.05) is 30.3 Å². The van der Waals surface area contributed by atoms with Gasteiger partial charge in [0, 0.05) is 6.54 Å². The number of anilines is 1. The highest BCUT2D eigenvalue weighted by Crippen LogP contribution is 2.08. The Labute approximate surface area is 98.1 Å². The van der Waals surface area contributed by atoms with Crippen LogP contribution in [-0.2, 0) is 6.54 Å². The molecule has 0 spiro atoms. The van der Waals surface area contributed by atoms with Gasteiger partial charge in [-0.2, -0.15) is 5.10 Å². The van der Waals surface area contributed by atoms with Crippen molar-refractivity contribution in [2.75, 3.05) is 5.32 Å². The number of hydrogen-bond acceptors (Lipinski definition) is 4. The lowest BCUT2D eigenvalue weighted by atomic mass is 10.2. The number of fused-ring (bicyclic) bond motifs is 1. The Hall–Kier alpha value is -2.43. The molecule has 0 bridgehead atoms. The van der Waals surface area contributed by atoms with Crippen molar-refractivity contribution < 1.29 is 0 Å². The number of benzene rings is 1. The van der Waals surface area contributed by atoms with Gasteiger partial charge in [0.05, 0.1) is 17.9 Å². The van der Waals surface area contributed by atoms with E-state index in [1.807, 2.05) is 22.6 Å². The van der Waals surface area contributed by atoms with E-state index in [4.69, 9.17) is 0 Å². The van der Waals surface area contributed by atoms with Gasteiger partial charge in [0.25, 0.3) is 0 Å². The molecule has 3 rings (SSSR count). The second kappa shape index (κ2) is 4.21. The normalized spacial score (nSPS) is 10.6. The molecule has 2 aromatic heterocycles. The van der Waals surface area contributed by atoms with Crippen molar-refractivity contribution >= 4 is 11.5 Å². The van der Waals surface area contributed by atoms with Gasteiger partial charge < -0.3 is 5.32 Å². The molecule has 2 heterocycles. The van der Waals surface area contributed by atoms with Crippen LogP contribution in [0.3, 0.4) is 0 Å². The Bertz CT molecular complexity index is 617. The van der Waals surface area contributed by atoms with Crippen LogP contribution in [0.15, 0.2) is 49.1 Å². The monoisotopic (exact) mass is 225 g/mol. The molecule has 17 heavy (non-hydrogen) atoms. The molecule has 1 aromatic carbocycles. The predicted octanol–water partition coefficient (Wildman–Crippen LogP) is 1.74. The Balaban J connectivity index is 1.84. The Morgan fingerprint density at radius 3 is 2.88 bits per heavy atom. The Kier molecular flexibility index (Phi) is 2.42. The molecule has 0 saturated heterocycles. The van der Waals surface area contributed by atoms with Crippen LogP contribution < -0.4 is 5.32 Å². The standard InChI is InChI=1S/C12H11N5/c1-2-4-10(5-3-1)6-14-12-16-15-8-11-7-13-9-17(11)12/h1-5,7-9H,6H2,(H,14,16). The first-order valence-corrected chi connectivity index (χ1v) is 5.35. The molecule has 0 fully saturated rings. The van der Waals surface area contributed by atoms with Crippen LogP contribution >= 0.6 is 0 Å². The number of hydrogen-bond donors (Lipinski definition) is 1. The summed E-state index contributed by atoms with van der Waals surface area (Å²) in [5.74, 6) is 0.698. The van der Waals surface area contributed by atoms with Crippen LogP contribution in [0.4, 0.5) is 5.95 Å². The van der Waals surface area contributed by atoms with Gasteiger partial charge in [-0.05, 0) is 5.56 Å². The maximum atomic E-state index is 4.06. The van der Waals surface area contributed by atoms with E-state index in [-0.39, 0.29) is 0 Å². The number of imidazole rings is 1. The van der Waals surface area contributed by atoms with Crippen molar-refractivity contribution in [1.82, 2.24) is 19.6 Å². The zero-order valence-corrected chi connectivity index (χ0v) is 9.11. The molecule has 0 aliphatic rings. The highest BCUT2D eigenvalue weighted by atomic mass is 15.3. The van der Waals surface area contributed by atoms with Crippen molar-refractivity contribution in [3.05, 3.63) is 54.6 Å². The van der Waals surface area contributed by atoms with Crippen LogP contribution in [0, 0.1) is 0 Å². The van der Waals surface area contributed by atoms with Crippen LogP contribution in [0.2, 0.25) is 0 Å². The van der Waals surface area contributed by atoms with Gasteiger partial charge in [0.1, 0.15) is 6.33 Å². The molecule has 5 heteroatoms. The lowest BCUT2D eigenvalue weighted by Gasteiger charge is -2.06. The summed E-state index contributed by atoms with van der Waals surface area (Å²) in [5, 5.41) is 11.2. The minimum absolute atomic E-state index is 0.698. The molecule has 84 valence electrons. The molecule has 0 amide bonds. The van der Waals surface area contributed by atoms with E-state index in [0.29, 0.717) is 12.5 Å². The van der Waals surface area contributed by atoms with E-state index >= 15 is 0 Å². The minimum atomic E-state index is 0.698. The van der Waals surface area contributed by atoms with Crippen molar-refractivity contribution in [1.29, 1.82) is 0 Å². The fourth-order valence-corrected chi connectivity index (χ4v) is 1.67. The zero-order valence-electron chi connectivity index (χ0n) is 9.11. The summed E-state index contributed by atoms with van der Waals surface area (Å²) < 4.78 is 1.87. The molecule has 0 radical (unpaired) electrons. The quantitative estimate of drug-likeness (QED) is 0.737. The first kappa shape index (κ1) is 9.77. The molecule has 3 aromatic rings. The van der Waals surface area contributed by atoms with Crippen molar-refractivity contribution in [2.24, 2.45) is 0 Å². The molecular weight excluding hydrogens is 214 g/mol. The second-order valence-electron chi connectivity index (χ2n) is 3.70. The van der Waals surface area contributed by atoms with E-state index in [1.54, 1.807) is 18.7 Å². The first-order valence-electron chi connectivity index (χ1n) is 5.35. The summed E-state index contributed by atoms with van der Waals surface area (Å²) in [4.78, 5) is 4.06. The highest BCUT2D eigenvalue weighted by Gasteiger charge is 2.01. The topological polar surface area (TPSA) is 55.1 Å². The average Bonchev–Trinajstić information content (AvgIpc) is 2.86. The summed E-state index contributed by atoms with van der Waals surface area (Å²) in [7, 11) is 0. The van der Waals surface area contributed by atoms with Gasteiger partial charge in [0.15, 0.2) is 0 Å². The van der Waals surface area contributed by atoms with Gasteiger partial charge in [-0.25, -0.2) is 4.98 Å². The van der Waals surface area contributed by atoms with E-state index in [2.05, 4.69) is 32.6 Å². The summed E-state index contributed by atoms with van der Waals surface area (Å²) >= 11 is 0. The number of aromatic nitrogens is 4. The molecule has 0 aliphatic heterocycles. The number of nitrogens with zero attached hydrogens (tertiary/aromatic N) is 4. The van der Waals surface area contributed by atoms with Crippen molar-refractivity contribution in [3.8, 4) is 0 Å². The first-order chi connectivity index (χ1) is 8.43. The predicted molar refractivity (Wildman–Crippen MR) is 64.6 cm³/mol. The van der Waals surface area contributed by atoms with Gasteiger partial charge in [-0.15, -0.1) is 5.10 Å². The molecular formula is C12H11N5. The molecule has 0 saturated carbocycles.